The minimum atomic E-state index is -0.497. The first-order valence-electron chi connectivity index (χ1n) is 9.65. The van der Waals surface area contributed by atoms with Crippen LogP contribution in [0.5, 0.6) is 5.75 Å². The summed E-state index contributed by atoms with van der Waals surface area (Å²) in [5.41, 5.74) is 7.85. The van der Waals surface area contributed by atoms with Crippen LogP contribution in [0.2, 0.25) is 5.02 Å². The zero-order valence-corrected chi connectivity index (χ0v) is 17.5. The molecule has 2 heterocycles. The Kier molecular flexibility index (Phi) is 6.06. The fourth-order valence-corrected chi connectivity index (χ4v) is 3.48. The first-order chi connectivity index (χ1) is 14.9. The van der Waals surface area contributed by atoms with Crippen molar-refractivity contribution < 1.29 is 18.7 Å². The summed E-state index contributed by atoms with van der Waals surface area (Å²) >= 11 is 5.85. The molecule has 0 amide bonds. The van der Waals surface area contributed by atoms with Crippen LogP contribution < -0.4 is 15.8 Å². The molecule has 0 saturated carbocycles. The largest absolute Gasteiger partial charge is 0.490 e. The number of carbonyl (C=O) groups excluding carboxylic acids is 1. The van der Waals surface area contributed by atoms with E-state index in [1.807, 2.05) is 11.9 Å². The van der Waals surface area contributed by atoms with E-state index in [0.29, 0.717) is 60.0 Å². The number of aromatic nitrogens is 2. The summed E-state index contributed by atoms with van der Waals surface area (Å²) in [6.07, 6.45) is 1.81. The van der Waals surface area contributed by atoms with Crippen LogP contribution in [0, 0.1) is 5.82 Å². The van der Waals surface area contributed by atoms with Gasteiger partial charge >= 0.3 is 5.97 Å². The van der Waals surface area contributed by atoms with Crippen molar-refractivity contribution in [2.24, 2.45) is 0 Å². The standard InChI is InChI=1S/C21H21ClFN5O3/c1-28(13-7-20(29)31-10-13)4-5-30-19-9-18-14(8-17(19)24)21(26-11-25-18)27-12-2-3-16(23)15(22)6-12/h2-3,6,8-9,11,13H,4-5,7,10,24H2,1H3,(H,25,26,27). The second-order valence-corrected chi connectivity index (χ2v) is 7.66. The molecule has 0 spiro atoms. The maximum Gasteiger partial charge on any atom is 0.307 e. The lowest BCUT2D eigenvalue weighted by atomic mass is 10.2. The molecule has 3 aromatic rings. The molecule has 2 aromatic carbocycles. The Bertz CT molecular complexity index is 1130. The average Bonchev–Trinajstić information content (AvgIpc) is 3.18. The van der Waals surface area contributed by atoms with Crippen LogP contribution in [0.4, 0.5) is 21.6 Å². The Hall–Kier alpha value is -3.17. The van der Waals surface area contributed by atoms with E-state index in [1.54, 1.807) is 18.2 Å². The summed E-state index contributed by atoms with van der Waals surface area (Å²) in [5, 5.41) is 3.81. The number of hydrogen-bond donors (Lipinski definition) is 2. The Morgan fingerprint density at radius 3 is 2.94 bits per heavy atom. The zero-order chi connectivity index (χ0) is 22.0. The average molecular weight is 446 g/mol. The predicted molar refractivity (Wildman–Crippen MR) is 116 cm³/mol. The Balaban J connectivity index is 1.47. The molecule has 1 atom stereocenters. The van der Waals surface area contributed by atoms with Gasteiger partial charge in [-0.25, -0.2) is 14.4 Å². The molecule has 0 aliphatic carbocycles. The number of rotatable bonds is 7. The van der Waals surface area contributed by atoms with Crippen LogP contribution in [0.1, 0.15) is 6.42 Å². The van der Waals surface area contributed by atoms with Crippen molar-refractivity contribution in [2.45, 2.75) is 12.5 Å². The summed E-state index contributed by atoms with van der Waals surface area (Å²) in [6.45, 7) is 1.40. The highest BCUT2D eigenvalue weighted by Crippen LogP contribution is 2.32. The van der Waals surface area contributed by atoms with E-state index in [9.17, 15) is 9.18 Å². The van der Waals surface area contributed by atoms with E-state index >= 15 is 0 Å². The molecule has 1 fully saturated rings. The lowest BCUT2D eigenvalue weighted by Crippen LogP contribution is -2.35. The molecule has 10 heteroatoms. The van der Waals surface area contributed by atoms with Crippen molar-refractivity contribution in [3.63, 3.8) is 0 Å². The molecule has 162 valence electrons. The molecular weight excluding hydrogens is 425 g/mol. The molecule has 3 N–H and O–H groups in total. The van der Waals surface area contributed by atoms with E-state index in [1.165, 1.54) is 18.5 Å². The van der Waals surface area contributed by atoms with E-state index in [-0.39, 0.29) is 17.0 Å². The number of nitrogens with one attached hydrogen (secondary N) is 1. The maximum absolute atomic E-state index is 13.4. The van der Waals surface area contributed by atoms with E-state index in [0.717, 1.165) is 0 Å². The minimum Gasteiger partial charge on any atom is -0.490 e. The fraction of sp³-hybridized carbons (Fsp3) is 0.286. The Morgan fingerprint density at radius 2 is 2.19 bits per heavy atom. The lowest BCUT2D eigenvalue weighted by Gasteiger charge is -2.22. The van der Waals surface area contributed by atoms with E-state index in [2.05, 4.69) is 15.3 Å². The molecule has 1 saturated heterocycles. The molecule has 8 nitrogen and oxygen atoms in total. The number of ether oxygens (including phenoxy) is 2. The normalized spacial score (nSPS) is 16.0. The number of nitrogen functional groups attached to an aromatic ring is 1. The van der Waals surface area contributed by atoms with Crippen LogP contribution in [-0.2, 0) is 9.53 Å². The van der Waals surface area contributed by atoms with Gasteiger partial charge in [-0.3, -0.25) is 9.69 Å². The van der Waals surface area contributed by atoms with Crippen LogP contribution in [0.25, 0.3) is 10.9 Å². The Morgan fingerprint density at radius 1 is 1.35 bits per heavy atom. The number of cyclic esters (lactones) is 1. The summed E-state index contributed by atoms with van der Waals surface area (Å²) in [6, 6.07) is 7.86. The highest BCUT2D eigenvalue weighted by atomic mass is 35.5. The highest BCUT2D eigenvalue weighted by molar-refractivity contribution is 6.31. The highest BCUT2D eigenvalue weighted by Gasteiger charge is 2.26. The third kappa shape index (κ3) is 4.78. The van der Waals surface area contributed by atoms with Gasteiger partial charge in [0.15, 0.2) is 0 Å². The molecule has 1 aliphatic heterocycles. The van der Waals surface area contributed by atoms with Gasteiger partial charge in [0, 0.05) is 23.7 Å². The molecule has 31 heavy (non-hydrogen) atoms. The predicted octanol–water partition coefficient (Wildman–Crippen LogP) is 3.37. The monoisotopic (exact) mass is 445 g/mol. The second-order valence-electron chi connectivity index (χ2n) is 7.25. The summed E-state index contributed by atoms with van der Waals surface area (Å²) in [5.74, 6) is 0.345. The number of nitrogens with two attached hydrogens (primary N) is 1. The number of anilines is 3. The van der Waals surface area contributed by atoms with Crippen LogP contribution in [0.3, 0.4) is 0 Å². The minimum absolute atomic E-state index is 0.0112. The molecule has 0 bridgehead atoms. The smallest absolute Gasteiger partial charge is 0.307 e. The van der Waals surface area contributed by atoms with Gasteiger partial charge in [0.25, 0.3) is 0 Å². The number of carbonyl (C=O) groups is 1. The molecule has 1 aromatic heterocycles. The number of likely N-dealkylation sites (N-methyl/N-ethyl adjacent to an activating group) is 1. The van der Waals surface area contributed by atoms with Gasteiger partial charge in [-0.05, 0) is 31.3 Å². The van der Waals surface area contributed by atoms with Gasteiger partial charge in [0.1, 0.15) is 36.9 Å². The lowest BCUT2D eigenvalue weighted by molar-refractivity contribution is -0.137. The number of halogens is 2. The number of hydrogen-bond acceptors (Lipinski definition) is 8. The van der Waals surface area contributed by atoms with Crippen LogP contribution in [0.15, 0.2) is 36.7 Å². The third-order valence-electron chi connectivity index (χ3n) is 5.11. The number of benzene rings is 2. The van der Waals surface area contributed by atoms with Crippen LogP contribution in [-0.4, -0.2) is 53.7 Å². The first-order valence-corrected chi connectivity index (χ1v) is 10.0. The van der Waals surface area contributed by atoms with Crippen molar-refractivity contribution in [1.29, 1.82) is 0 Å². The number of nitrogens with zero attached hydrogens (tertiary/aromatic N) is 3. The van der Waals surface area contributed by atoms with E-state index < -0.39 is 5.82 Å². The van der Waals surface area contributed by atoms with Crippen molar-refractivity contribution in [3.05, 3.63) is 47.5 Å². The Labute approximate surface area is 183 Å². The van der Waals surface area contributed by atoms with E-state index in [4.69, 9.17) is 26.8 Å². The molecule has 0 radical (unpaired) electrons. The number of esters is 1. The van der Waals surface area contributed by atoms with Crippen molar-refractivity contribution in [1.82, 2.24) is 14.9 Å². The zero-order valence-electron chi connectivity index (χ0n) is 16.8. The van der Waals surface area contributed by atoms with Crippen LogP contribution >= 0.6 is 11.6 Å². The molecule has 1 unspecified atom stereocenters. The van der Waals surface area contributed by atoms with Crippen molar-refractivity contribution in [2.75, 3.05) is 37.9 Å². The van der Waals surface area contributed by atoms with Gasteiger partial charge in [-0.2, -0.15) is 0 Å². The molecule has 4 rings (SSSR count). The third-order valence-corrected chi connectivity index (χ3v) is 5.40. The molecular formula is C21H21ClFN5O3. The second kappa shape index (κ2) is 8.91. The fourth-order valence-electron chi connectivity index (χ4n) is 3.30. The van der Waals surface area contributed by atoms with Gasteiger partial charge in [-0.1, -0.05) is 11.6 Å². The summed E-state index contributed by atoms with van der Waals surface area (Å²) in [4.78, 5) is 21.8. The van der Waals surface area contributed by atoms with Gasteiger partial charge in [0.05, 0.1) is 28.7 Å². The topological polar surface area (TPSA) is 103 Å². The van der Waals surface area contributed by atoms with Gasteiger partial charge < -0.3 is 20.5 Å². The first kappa shape index (κ1) is 21.1. The van der Waals surface area contributed by atoms with Crippen molar-refractivity contribution >= 4 is 45.7 Å². The summed E-state index contributed by atoms with van der Waals surface area (Å²) in [7, 11) is 1.92. The summed E-state index contributed by atoms with van der Waals surface area (Å²) < 4.78 is 24.3. The van der Waals surface area contributed by atoms with Gasteiger partial charge in [-0.15, -0.1) is 0 Å². The molecule has 1 aliphatic rings. The maximum atomic E-state index is 13.4. The van der Waals surface area contributed by atoms with Gasteiger partial charge in [0.2, 0.25) is 0 Å². The SMILES string of the molecule is CN(CCOc1cc2ncnc(Nc3ccc(F)c(Cl)c3)c2cc1N)C1COC(=O)C1. The van der Waals surface area contributed by atoms with Crippen molar-refractivity contribution in [3.8, 4) is 5.75 Å². The number of fused-ring (bicyclic) bond motifs is 1. The quantitative estimate of drug-likeness (QED) is 0.421.